The second-order valence-corrected chi connectivity index (χ2v) is 3.45. The second-order valence-electron chi connectivity index (χ2n) is 2.60. The van der Waals surface area contributed by atoms with Gasteiger partial charge < -0.3 is 10.1 Å². The highest BCUT2D eigenvalue weighted by Crippen LogP contribution is 2.12. The van der Waals surface area contributed by atoms with Crippen molar-refractivity contribution in [2.45, 2.75) is 5.03 Å². The smallest absolute Gasteiger partial charge is 0.358 e. The molecule has 0 fully saturated rings. The van der Waals surface area contributed by atoms with E-state index in [4.69, 9.17) is 0 Å². The molecule has 0 aliphatic heterocycles. The molecule has 2 aromatic heterocycles. The molecule has 0 spiro atoms. The van der Waals surface area contributed by atoms with Gasteiger partial charge in [-0.05, 0) is 16.3 Å². The molecule has 2 aromatic rings. The van der Waals surface area contributed by atoms with Gasteiger partial charge in [0, 0.05) is 6.07 Å². The first-order valence-electron chi connectivity index (χ1n) is 3.80. The molecule has 2 rings (SSSR count). The average Bonchev–Trinajstić information content (AvgIpc) is 2.61. The van der Waals surface area contributed by atoms with Gasteiger partial charge in [0.05, 0.1) is 10.1 Å². The van der Waals surface area contributed by atoms with E-state index in [2.05, 4.69) is 15.3 Å². The molecule has 0 aromatic carbocycles. The van der Waals surface area contributed by atoms with Gasteiger partial charge in [-0.3, -0.25) is 9.89 Å². The maximum atomic E-state index is 11.5. The minimum absolute atomic E-state index is 0.259. The number of H-pyrrole nitrogens is 1. The molecule has 0 amide bonds. The molecule has 0 unspecified atom stereocenters. The molecule has 0 aliphatic rings. The number of aromatic amines is 1. The Morgan fingerprint density at radius 3 is 2.93 bits per heavy atom. The largest absolute Gasteiger partial charge is 0.458 e. The Hall–Kier alpha value is -1.90. The van der Waals surface area contributed by atoms with Crippen molar-refractivity contribution in [2.75, 3.05) is 6.26 Å². The van der Waals surface area contributed by atoms with E-state index in [1.807, 2.05) is 0 Å². The Kier molecular flexibility index (Phi) is 2.15. The first-order chi connectivity index (χ1) is 7.13. The third-order valence-electron chi connectivity index (χ3n) is 1.75. The second kappa shape index (κ2) is 3.35. The zero-order valence-electron chi connectivity index (χ0n) is 7.50. The van der Waals surface area contributed by atoms with Crippen LogP contribution in [0.5, 0.6) is 0 Å². The Morgan fingerprint density at radius 1 is 1.60 bits per heavy atom. The van der Waals surface area contributed by atoms with E-state index < -0.39 is 16.3 Å². The summed E-state index contributed by atoms with van der Waals surface area (Å²) in [6.45, 7) is 0. The minimum Gasteiger partial charge on any atom is -0.358 e. The van der Waals surface area contributed by atoms with Crippen LogP contribution in [-0.4, -0.2) is 31.0 Å². The molecule has 1 N–H and O–H groups in total. The summed E-state index contributed by atoms with van der Waals surface area (Å²) in [5.41, 5.74) is -0.555. The fourth-order valence-corrected chi connectivity index (χ4v) is 1.48. The van der Waals surface area contributed by atoms with Crippen LogP contribution >= 0.6 is 11.8 Å². The van der Waals surface area contributed by atoms with E-state index in [9.17, 15) is 14.9 Å². The van der Waals surface area contributed by atoms with Crippen molar-refractivity contribution in [1.82, 2.24) is 19.8 Å². The lowest BCUT2D eigenvalue weighted by atomic mass is 10.6. The number of nitrogens with zero attached hydrogens (tertiary/aromatic N) is 4. The maximum Gasteiger partial charge on any atom is 0.458 e. The van der Waals surface area contributed by atoms with Crippen LogP contribution in [0.15, 0.2) is 15.9 Å². The van der Waals surface area contributed by atoms with E-state index in [1.54, 1.807) is 12.3 Å². The summed E-state index contributed by atoms with van der Waals surface area (Å²) in [6.07, 6.45) is 1.80. The van der Waals surface area contributed by atoms with Crippen molar-refractivity contribution in [2.24, 2.45) is 0 Å². The van der Waals surface area contributed by atoms with Crippen LogP contribution in [0.1, 0.15) is 0 Å². The van der Waals surface area contributed by atoms with E-state index in [-0.39, 0.29) is 5.65 Å². The fourth-order valence-electron chi connectivity index (χ4n) is 1.07. The highest BCUT2D eigenvalue weighted by atomic mass is 32.2. The third kappa shape index (κ3) is 1.46. The van der Waals surface area contributed by atoms with Gasteiger partial charge in [0.15, 0.2) is 0 Å². The number of fused-ring (bicyclic) bond motifs is 1. The highest BCUT2D eigenvalue weighted by molar-refractivity contribution is 7.98. The Bertz CT molecular complexity index is 588. The van der Waals surface area contributed by atoms with Gasteiger partial charge in [0.25, 0.3) is 0 Å². The Balaban J connectivity index is 2.78. The quantitative estimate of drug-likeness (QED) is 0.441. The van der Waals surface area contributed by atoms with Gasteiger partial charge in [0.2, 0.25) is 5.65 Å². The van der Waals surface area contributed by atoms with Gasteiger partial charge in [0.1, 0.15) is 0 Å². The van der Waals surface area contributed by atoms with E-state index >= 15 is 0 Å². The van der Waals surface area contributed by atoms with Gasteiger partial charge in [-0.15, -0.1) is 11.8 Å². The molecule has 0 aliphatic carbocycles. The van der Waals surface area contributed by atoms with Crippen molar-refractivity contribution < 1.29 is 4.92 Å². The van der Waals surface area contributed by atoms with Crippen molar-refractivity contribution >= 4 is 23.2 Å². The molecular formula is C6H5N5O3S. The van der Waals surface area contributed by atoms with Gasteiger partial charge in [-0.2, -0.15) is 4.52 Å². The molecule has 78 valence electrons. The summed E-state index contributed by atoms with van der Waals surface area (Å²) in [5, 5.41) is 20.6. The summed E-state index contributed by atoms with van der Waals surface area (Å²) in [5.74, 6) is -0.790. The van der Waals surface area contributed by atoms with Crippen LogP contribution in [0.4, 0.5) is 5.82 Å². The summed E-state index contributed by atoms with van der Waals surface area (Å²) in [7, 11) is 0. The lowest BCUT2D eigenvalue weighted by Gasteiger charge is -1.90. The molecule has 9 heteroatoms. The van der Waals surface area contributed by atoms with Gasteiger partial charge >= 0.3 is 11.4 Å². The van der Waals surface area contributed by atoms with Crippen molar-refractivity contribution in [3.63, 3.8) is 0 Å². The summed E-state index contributed by atoms with van der Waals surface area (Å²) in [6, 6.07) is 1.59. The molecule has 0 atom stereocenters. The zero-order chi connectivity index (χ0) is 11.0. The SMILES string of the molecule is CSc1cc2nnc([N+](=O)[O-])c(=O)n2[nH]1. The summed E-state index contributed by atoms with van der Waals surface area (Å²) < 4.78 is 0.997. The molecule has 0 saturated carbocycles. The first-order valence-corrected chi connectivity index (χ1v) is 5.03. The molecule has 0 saturated heterocycles. The molecular weight excluding hydrogens is 222 g/mol. The van der Waals surface area contributed by atoms with Crippen LogP contribution in [0, 0.1) is 10.1 Å². The average molecular weight is 227 g/mol. The molecule has 8 nitrogen and oxygen atoms in total. The summed E-state index contributed by atoms with van der Waals surface area (Å²) >= 11 is 1.36. The van der Waals surface area contributed by atoms with E-state index in [0.29, 0.717) is 5.03 Å². The van der Waals surface area contributed by atoms with E-state index in [1.165, 1.54) is 11.8 Å². The number of nitrogens with one attached hydrogen (secondary N) is 1. The van der Waals surface area contributed by atoms with E-state index in [0.717, 1.165) is 4.52 Å². The lowest BCUT2D eigenvalue weighted by Crippen LogP contribution is -2.20. The van der Waals surface area contributed by atoms with Crippen LogP contribution in [-0.2, 0) is 0 Å². The van der Waals surface area contributed by atoms with Crippen molar-refractivity contribution in [3.05, 3.63) is 26.5 Å². The maximum absolute atomic E-state index is 11.5. The number of hydrogen-bond acceptors (Lipinski definition) is 6. The summed E-state index contributed by atoms with van der Waals surface area (Å²) in [4.78, 5) is 21.0. The number of rotatable bonds is 2. The van der Waals surface area contributed by atoms with Crippen molar-refractivity contribution in [1.29, 1.82) is 0 Å². The van der Waals surface area contributed by atoms with Crippen LogP contribution < -0.4 is 5.56 Å². The minimum atomic E-state index is -0.860. The van der Waals surface area contributed by atoms with Crippen LogP contribution in [0.2, 0.25) is 0 Å². The normalized spacial score (nSPS) is 10.7. The van der Waals surface area contributed by atoms with Gasteiger partial charge in [-0.1, -0.05) is 0 Å². The van der Waals surface area contributed by atoms with Crippen LogP contribution in [0.25, 0.3) is 5.65 Å². The number of thioether (sulfide) groups is 1. The standard InChI is InChI=1S/C6H5N5O3S/c1-15-4-2-3-7-8-5(11(13)14)6(12)10(3)9-4/h2,9H,1H3. The molecule has 0 radical (unpaired) electrons. The third-order valence-corrected chi connectivity index (χ3v) is 2.39. The number of hydrogen-bond donors (Lipinski definition) is 1. The predicted octanol–water partition coefficient (Wildman–Crippen LogP) is 0.0477. The first kappa shape index (κ1) is 9.65. The van der Waals surface area contributed by atoms with Crippen LogP contribution in [0.3, 0.4) is 0 Å². The predicted molar refractivity (Wildman–Crippen MR) is 52.0 cm³/mol. The van der Waals surface area contributed by atoms with Gasteiger partial charge in [-0.25, -0.2) is 0 Å². The topological polar surface area (TPSA) is 106 Å². The monoisotopic (exact) mass is 227 g/mol. The molecule has 0 bridgehead atoms. The Labute approximate surface area is 86.4 Å². The number of nitro groups is 1. The lowest BCUT2D eigenvalue weighted by molar-refractivity contribution is -0.391. The molecule has 2 heterocycles. The number of aromatic nitrogens is 4. The Morgan fingerprint density at radius 2 is 2.33 bits per heavy atom. The highest BCUT2D eigenvalue weighted by Gasteiger charge is 2.19. The molecule has 15 heavy (non-hydrogen) atoms. The zero-order valence-corrected chi connectivity index (χ0v) is 8.32. The fraction of sp³-hybridized carbons (Fsp3) is 0.167. The van der Waals surface area contributed by atoms with Crippen molar-refractivity contribution in [3.8, 4) is 0 Å².